The Morgan fingerprint density at radius 3 is 1.87 bits per heavy atom. The van der Waals surface area contributed by atoms with Gasteiger partial charge in [0.25, 0.3) is 8.32 Å². The molecule has 0 saturated carbocycles. The lowest BCUT2D eigenvalue weighted by molar-refractivity contribution is -0.308. The standard InChI is InChI=1S/C44H54O7Si/c1-43(2,3)52(37-21-13-7-14-22-37,38-23-15-8-16-24-38)49-33-42-40(46-4)26-28-44(51-42)27-25-39(45)41(50-44)29-36(48-31-35-19-11-6-12-20-35)32-47-30-34-17-9-5-10-18-34/h5-25,27,36,39-42,45H,26,28-33H2,1-4H3/t36-,39-,40+,41-,42-,44+/m1/s1. The van der Waals surface area contributed by atoms with E-state index < -0.39 is 32.4 Å². The van der Waals surface area contributed by atoms with Crippen LogP contribution in [0.15, 0.2) is 133 Å². The molecule has 8 heteroatoms. The summed E-state index contributed by atoms with van der Waals surface area (Å²) in [4.78, 5) is 0. The first-order valence-electron chi connectivity index (χ1n) is 18.5. The summed E-state index contributed by atoms with van der Waals surface area (Å²) in [5.41, 5.74) is 2.16. The topological polar surface area (TPSA) is 75.6 Å². The van der Waals surface area contributed by atoms with Crippen LogP contribution in [0.1, 0.15) is 51.2 Å². The summed E-state index contributed by atoms with van der Waals surface area (Å²) in [6, 6.07) is 41.4. The molecule has 1 saturated heterocycles. The lowest BCUT2D eigenvalue weighted by Gasteiger charge is -2.48. The van der Waals surface area contributed by atoms with Gasteiger partial charge in [-0.2, -0.15) is 0 Å². The van der Waals surface area contributed by atoms with E-state index in [2.05, 4.69) is 81.4 Å². The van der Waals surface area contributed by atoms with E-state index in [1.807, 2.05) is 66.7 Å². The number of hydrogen-bond acceptors (Lipinski definition) is 7. The van der Waals surface area contributed by atoms with Gasteiger partial charge in [-0.05, 0) is 39.0 Å². The van der Waals surface area contributed by atoms with Gasteiger partial charge in [0.2, 0.25) is 0 Å². The first kappa shape index (κ1) is 38.3. The Hall–Kier alpha value is -3.44. The first-order valence-corrected chi connectivity index (χ1v) is 20.4. The van der Waals surface area contributed by atoms with Crippen molar-refractivity contribution in [1.82, 2.24) is 0 Å². The van der Waals surface area contributed by atoms with Crippen LogP contribution >= 0.6 is 0 Å². The summed E-state index contributed by atoms with van der Waals surface area (Å²) in [6.07, 6.45) is 3.11. The molecule has 0 unspecified atom stereocenters. The van der Waals surface area contributed by atoms with Crippen molar-refractivity contribution < 1.29 is 33.2 Å². The van der Waals surface area contributed by atoms with Gasteiger partial charge in [0.1, 0.15) is 6.10 Å². The van der Waals surface area contributed by atoms with Crippen molar-refractivity contribution in [3.05, 3.63) is 145 Å². The van der Waals surface area contributed by atoms with Gasteiger partial charge in [-0.15, -0.1) is 0 Å². The second-order valence-corrected chi connectivity index (χ2v) is 19.2. The van der Waals surface area contributed by atoms with Crippen LogP contribution in [-0.2, 0) is 41.3 Å². The third kappa shape index (κ3) is 9.19. The van der Waals surface area contributed by atoms with Gasteiger partial charge in [-0.3, -0.25) is 0 Å². The third-order valence-electron chi connectivity index (χ3n) is 10.2. The summed E-state index contributed by atoms with van der Waals surface area (Å²) < 4.78 is 39.6. The Morgan fingerprint density at radius 1 is 0.769 bits per heavy atom. The summed E-state index contributed by atoms with van der Waals surface area (Å²) in [5.74, 6) is -1.03. The molecule has 4 aromatic rings. The lowest BCUT2D eigenvalue weighted by Crippen LogP contribution is -2.67. The van der Waals surface area contributed by atoms with E-state index in [4.69, 9.17) is 28.1 Å². The highest BCUT2D eigenvalue weighted by molar-refractivity contribution is 6.99. The Kier molecular flexibility index (Phi) is 12.9. The molecule has 4 aromatic carbocycles. The maximum absolute atomic E-state index is 11.2. The van der Waals surface area contributed by atoms with Gasteiger partial charge in [0.15, 0.2) is 5.79 Å². The molecule has 276 valence electrons. The largest absolute Gasteiger partial charge is 0.405 e. The predicted octanol–water partition coefficient (Wildman–Crippen LogP) is 6.96. The molecule has 0 aromatic heterocycles. The highest BCUT2D eigenvalue weighted by atomic mass is 28.4. The SMILES string of the molecule is CO[C@H]1CC[C@]2(C=C[C@@H](O)[C@@H](C[C@H](COCc3ccccc3)OCc3ccccc3)O2)O[C@@H]1CO[Si](c1ccccc1)(c1ccccc1)C(C)(C)C. The Balaban J connectivity index is 1.19. The number of methoxy groups -OCH3 is 1. The number of benzene rings is 4. The first-order chi connectivity index (χ1) is 25.2. The van der Waals surface area contributed by atoms with E-state index in [1.165, 1.54) is 10.4 Å². The van der Waals surface area contributed by atoms with Crippen LogP contribution in [-0.4, -0.2) is 70.1 Å². The fraction of sp³-hybridized carbons (Fsp3) is 0.409. The van der Waals surface area contributed by atoms with Gasteiger partial charge in [-0.25, -0.2) is 0 Å². The van der Waals surface area contributed by atoms with Crippen LogP contribution < -0.4 is 10.4 Å². The molecule has 1 fully saturated rings. The van der Waals surface area contributed by atoms with E-state index in [1.54, 1.807) is 13.2 Å². The Labute approximate surface area is 310 Å². The van der Waals surface area contributed by atoms with E-state index in [0.717, 1.165) is 11.1 Å². The molecule has 2 heterocycles. The van der Waals surface area contributed by atoms with E-state index >= 15 is 0 Å². The van der Waals surface area contributed by atoms with Crippen LogP contribution in [0.25, 0.3) is 0 Å². The predicted molar refractivity (Wildman–Crippen MR) is 207 cm³/mol. The monoisotopic (exact) mass is 722 g/mol. The van der Waals surface area contributed by atoms with Crippen LogP contribution in [0.5, 0.6) is 0 Å². The summed E-state index contributed by atoms with van der Waals surface area (Å²) in [5, 5.41) is 13.5. The molecule has 2 aliphatic rings. The van der Waals surface area contributed by atoms with Crippen molar-refractivity contribution in [1.29, 1.82) is 0 Å². The van der Waals surface area contributed by atoms with Gasteiger partial charge >= 0.3 is 0 Å². The molecule has 0 radical (unpaired) electrons. The molecule has 6 rings (SSSR count). The highest BCUT2D eigenvalue weighted by Crippen LogP contribution is 2.40. The normalized spacial score (nSPS) is 24.2. The molecule has 1 spiro atoms. The van der Waals surface area contributed by atoms with Crippen LogP contribution in [0.4, 0.5) is 0 Å². The molecule has 0 bridgehead atoms. The maximum Gasteiger partial charge on any atom is 0.261 e. The minimum absolute atomic E-state index is 0.181. The minimum Gasteiger partial charge on any atom is -0.405 e. The van der Waals surface area contributed by atoms with E-state index in [0.29, 0.717) is 45.7 Å². The zero-order chi connectivity index (χ0) is 36.4. The van der Waals surface area contributed by atoms with Crippen LogP contribution in [0.2, 0.25) is 5.04 Å². The van der Waals surface area contributed by atoms with Gasteiger partial charge < -0.3 is 33.2 Å². The van der Waals surface area contributed by atoms with Gasteiger partial charge in [-0.1, -0.05) is 148 Å². The van der Waals surface area contributed by atoms with E-state index in [-0.39, 0.29) is 17.2 Å². The molecule has 1 N–H and O–H groups in total. The molecule has 52 heavy (non-hydrogen) atoms. The zero-order valence-corrected chi connectivity index (χ0v) is 31.9. The Bertz CT molecular complexity index is 1630. The average molecular weight is 723 g/mol. The van der Waals surface area contributed by atoms with Crippen LogP contribution in [0, 0.1) is 0 Å². The Morgan fingerprint density at radius 2 is 1.31 bits per heavy atom. The number of hydrogen-bond donors (Lipinski definition) is 1. The average Bonchev–Trinajstić information content (AvgIpc) is 3.17. The molecular formula is C44H54O7Si. The molecular weight excluding hydrogens is 669 g/mol. The number of aliphatic hydroxyl groups excluding tert-OH is 1. The van der Waals surface area contributed by atoms with Crippen molar-refractivity contribution in [2.45, 2.75) is 94.6 Å². The summed E-state index contributed by atoms with van der Waals surface area (Å²) in [6.45, 7) is 8.40. The third-order valence-corrected chi connectivity index (χ3v) is 15.2. The lowest BCUT2D eigenvalue weighted by atomic mass is 9.94. The highest BCUT2D eigenvalue weighted by Gasteiger charge is 2.52. The molecule has 6 atom stereocenters. The number of rotatable bonds is 15. The van der Waals surface area contributed by atoms with Crippen molar-refractivity contribution in [2.75, 3.05) is 20.3 Å². The van der Waals surface area contributed by atoms with Crippen molar-refractivity contribution in [2.24, 2.45) is 0 Å². The smallest absolute Gasteiger partial charge is 0.261 e. The summed E-state index contributed by atoms with van der Waals surface area (Å²) >= 11 is 0. The van der Waals surface area contributed by atoms with Crippen LogP contribution in [0.3, 0.4) is 0 Å². The maximum atomic E-state index is 11.2. The molecule has 0 amide bonds. The molecule has 0 aliphatic carbocycles. The second kappa shape index (κ2) is 17.6. The zero-order valence-electron chi connectivity index (χ0n) is 30.9. The van der Waals surface area contributed by atoms with Crippen molar-refractivity contribution >= 4 is 18.7 Å². The molecule has 7 nitrogen and oxygen atoms in total. The minimum atomic E-state index is -2.82. The van der Waals surface area contributed by atoms with Crippen molar-refractivity contribution in [3.8, 4) is 0 Å². The van der Waals surface area contributed by atoms with Gasteiger partial charge in [0, 0.05) is 20.0 Å². The van der Waals surface area contributed by atoms with Gasteiger partial charge in [0.05, 0.1) is 50.8 Å². The second-order valence-electron chi connectivity index (χ2n) is 14.9. The molecule has 2 aliphatic heterocycles. The number of aliphatic hydroxyl groups is 1. The summed E-state index contributed by atoms with van der Waals surface area (Å²) in [7, 11) is -1.09. The quantitative estimate of drug-likeness (QED) is 0.105. The fourth-order valence-corrected chi connectivity index (χ4v) is 12.1. The fourth-order valence-electron chi connectivity index (χ4n) is 7.55. The van der Waals surface area contributed by atoms with E-state index in [9.17, 15) is 5.11 Å². The van der Waals surface area contributed by atoms with Crippen molar-refractivity contribution in [3.63, 3.8) is 0 Å². The number of ether oxygens (including phenoxy) is 5.